The van der Waals surface area contributed by atoms with Gasteiger partial charge in [0.25, 0.3) is 0 Å². The summed E-state index contributed by atoms with van der Waals surface area (Å²) in [6.45, 7) is 6.34. The SMILES string of the molecule is CC/C=C/C=C/C=C/CCCCCCCCCC(=O)OC(CCCCC/C=C/C=C/C=C/CCCCCCC)CC(=O)NC(CO)C(O)CCCCCCCCCCCCCCCCC. The fraction of sp³-hybridized carbons (Fsp3) is 0.763. The lowest BCUT2D eigenvalue weighted by Gasteiger charge is -2.24. The Labute approximate surface area is 402 Å². The van der Waals surface area contributed by atoms with Crippen LogP contribution in [-0.2, 0) is 14.3 Å². The lowest BCUT2D eigenvalue weighted by Crippen LogP contribution is -2.46. The predicted molar refractivity (Wildman–Crippen MR) is 282 cm³/mol. The van der Waals surface area contributed by atoms with Crippen molar-refractivity contribution in [2.24, 2.45) is 0 Å². The number of amides is 1. The zero-order valence-electron chi connectivity index (χ0n) is 42.9. The standard InChI is InChI=1S/C59H105NO5/c1-4-7-10-13-16-19-22-25-28-31-32-35-38-41-44-47-50-55(65-59(64)52-49-46-43-40-37-34-30-27-24-21-18-15-12-9-6-3)53-58(63)60-56(54-61)57(62)51-48-45-42-39-36-33-29-26-23-20-17-14-11-8-5-2/h9,12,15,18,21-22,24-25,28,31-32,35,55-57,61-62H,4-8,10-11,13-14,16-17,19-20,23,26-27,29-30,33-34,36-54H2,1-3H3,(H,60,63)/b12-9+,18-15+,24-21+,25-22+,31-28+,35-32+. The quantitative estimate of drug-likeness (QED) is 0.0321. The van der Waals surface area contributed by atoms with Gasteiger partial charge in [0.15, 0.2) is 0 Å². The Balaban J connectivity index is 4.65. The van der Waals surface area contributed by atoms with E-state index in [0.29, 0.717) is 19.3 Å². The highest BCUT2D eigenvalue weighted by atomic mass is 16.5. The summed E-state index contributed by atoms with van der Waals surface area (Å²) in [5, 5.41) is 23.8. The monoisotopic (exact) mass is 908 g/mol. The number of ether oxygens (including phenoxy) is 1. The van der Waals surface area contributed by atoms with E-state index in [4.69, 9.17) is 4.74 Å². The van der Waals surface area contributed by atoms with E-state index in [-0.39, 0.29) is 24.9 Å². The van der Waals surface area contributed by atoms with Crippen molar-refractivity contribution in [3.8, 4) is 0 Å². The van der Waals surface area contributed by atoms with Gasteiger partial charge in [0.2, 0.25) is 5.91 Å². The molecule has 6 heteroatoms. The first-order valence-electron chi connectivity index (χ1n) is 27.7. The van der Waals surface area contributed by atoms with Crippen LogP contribution in [0.25, 0.3) is 0 Å². The Hall–Kier alpha value is -2.70. The highest BCUT2D eigenvalue weighted by Crippen LogP contribution is 2.18. The topological polar surface area (TPSA) is 95.9 Å². The minimum absolute atomic E-state index is 0.0479. The van der Waals surface area contributed by atoms with E-state index in [9.17, 15) is 19.8 Å². The number of aliphatic hydroxyl groups is 2. The van der Waals surface area contributed by atoms with Crippen LogP contribution < -0.4 is 5.32 Å². The third-order valence-electron chi connectivity index (χ3n) is 12.4. The average molecular weight is 908 g/mol. The van der Waals surface area contributed by atoms with Gasteiger partial charge in [-0.05, 0) is 70.6 Å². The molecule has 65 heavy (non-hydrogen) atoms. The second-order valence-corrected chi connectivity index (χ2v) is 18.7. The molecule has 0 radical (unpaired) electrons. The molecular weight excluding hydrogens is 803 g/mol. The molecule has 3 unspecified atom stereocenters. The second-order valence-electron chi connectivity index (χ2n) is 18.7. The third-order valence-corrected chi connectivity index (χ3v) is 12.4. The van der Waals surface area contributed by atoms with Gasteiger partial charge in [-0.1, -0.05) is 254 Å². The number of esters is 1. The van der Waals surface area contributed by atoms with Crippen molar-refractivity contribution in [3.05, 3.63) is 72.9 Å². The summed E-state index contributed by atoms with van der Waals surface area (Å²) in [6.07, 6.45) is 66.7. The van der Waals surface area contributed by atoms with Gasteiger partial charge in [0.05, 0.1) is 25.2 Å². The molecule has 0 aromatic heterocycles. The number of unbranched alkanes of at least 4 members (excludes halogenated alkanes) is 29. The lowest BCUT2D eigenvalue weighted by atomic mass is 10.0. The van der Waals surface area contributed by atoms with Crippen LogP contribution in [0.1, 0.15) is 265 Å². The van der Waals surface area contributed by atoms with Gasteiger partial charge in [0, 0.05) is 6.42 Å². The van der Waals surface area contributed by atoms with E-state index in [1.54, 1.807) is 0 Å². The molecule has 3 N–H and O–H groups in total. The van der Waals surface area contributed by atoms with Crippen LogP contribution in [0, 0.1) is 0 Å². The largest absolute Gasteiger partial charge is 0.462 e. The number of rotatable bonds is 49. The van der Waals surface area contributed by atoms with Crippen molar-refractivity contribution in [1.29, 1.82) is 0 Å². The highest BCUT2D eigenvalue weighted by Gasteiger charge is 2.24. The molecule has 1 amide bonds. The second kappa shape index (κ2) is 52.3. The summed E-state index contributed by atoms with van der Waals surface area (Å²) in [5.74, 6) is -0.519. The predicted octanol–water partition coefficient (Wildman–Crippen LogP) is 17.0. The van der Waals surface area contributed by atoms with E-state index in [0.717, 1.165) is 83.5 Å². The van der Waals surface area contributed by atoms with Crippen molar-refractivity contribution < 1.29 is 24.5 Å². The number of allylic oxidation sites excluding steroid dienone is 12. The van der Waals surface area contributed by atoms with Gasteiger partial charge in [-0.15, -0.1) is 0 Å². The van der Waals surface area contributed by atoms with Crippen molar-refractivity contribution in [2.45, 2.75) is 283 Å². The summed E-state index contributed by atoms with van der Waals surface area (Å²) in [4.78, 5) is 26.2. The number of hydrogen-bond acceptors (Lipinski definition) is 5. The van der Waals surface area contributed by atoms with Crippen LogP contribution in [0.5, 0.6) is 0 Å². The van der Waals surface area contributed by atoms with Gasteiger partial charge < -0.3 is 20.3 Å². The van der Waals surface area contributed by atoms with Gasteiger partial charge in [-0.25, -0.2) is 0 Å². The smallest absolute Gasteiger partial charge is 0.306 e. The lowest BCUT2D eigenvalue weighted by molar-refractivity contribution is -0.151. The molecule has 0 bridgehead atoms. The summed E-state index contributed by atoms with van der Waals surface area (Å²) in [6, 6.07) is -0.719. The van der Waals surface area contributed by atoms with E-state index >= 15 is 0 Å². The average Bonchev–Trinajstić information content (AvgIpc) is 3.30. The number of hydrogen-bond donors (Lipinski definition) is 3. The van der Waals surface area contributed by atoms with E-state index < -0.39 is 18.2 Å². The van der Waals surface area contributed by atoms with Crippen LogP contribution in [0.15, 0.2) is 72.9 Å². The first kappa shape index (κ1) is 62.3. The Morgan fingerprint density at radius 3 is 1.26 bits per heavy atom. The Bertz CT molecular complexity index is 1200. The van der Waals surface area contributed by atoms with Gasteiger partial charge in [-0.3, -0.25) is 9.59 Å². The highest BCUT2D eigenvalue weighted by molar-refractivity contribution is 5.77. The summed E-state index contributed by atoms with van der Waals surface area (Å²) in [5.41, 5.74) is 0. The minimum Gasteiger partial charge on any atom is -0.462 e. The van der Waals surface area contributed by atoms with Crippen LogP contribution in [0.4, 0.5) is 0 Å². The van der Waals surface area contributed by atoms with Crippen molar-refractivity contribution in [3.63, 3.8) is 0 Å². The maximum atomic E-state index is 13.2. The van der Waals surface area contributed by atoms with Crippen molar-refractivity contribution >= 4 is 11.9 Å². The molecule has 6 nitrogen and oxygen atoms in total. The molecule has 0 saturated heterocycles. The van der Waals surface area contributed by atoms with Crippen LogP contribution >= 0.6 is 0 Å². The van der Waals surface area contributed by atoms with E-state index in [1.807, 2.05) is 0 Å². The van der Waals surface area contributed by atoms with Crippen LogP contribution in [0.2, 0.25) is 0 Å². The third kappa shape index (κ3) is 47.6. The normalized spacial score (nSPS) is 13.7. The number of aliphatic hydroxyl groups excluding tert-OH is 2. The molecule has 0 rings (SSSR count). The molecule has 376 valence electrons. The fourth-order valence-electron chi connectivity index (χ4n) is 8.20. The van der Waals surface area contributed by atoms with Crippen LogP contribution in [-0.4, -0.2) is 46.9 Å². The molecule has 0 aliphatic heterocycles. The minimum atomic E-state index is -0.802. The Morgan fingerprint density at radius 2 is 0.831 bits per heavy atom. The molecule has 0 heterocycles. The summed E-state index contributed by atoms with van der Waals surface area (Å²) >= 11 is 0. The molecular formula is C59H105NO5. The number of nitrogens with one attached hydrogen (secondary N) is 1. The first-order valence-corrected chi connectivity index (χ1v) is 27.7. The number of carbonyl (C=O) groups is 2. The molecule has 0 saturated carbocycles. The van der Waals surface area contributed by atoms with Gasteiger partial charge in [-0.2, -0.15) is 0 Å². The zero-order chi connectivity index (χ0) is 47.4. The van der Waals surface area contributed by atoms with E-state index in [2.05, 4.69) is 99.0 Å². The van der Waals surface area contributed by atoms with Gasteiger partial charge in [0.1, 0.15) is 6.10 Å². The molecule has 3 atom stereocenters. The fourth-order valence-corrected chi connectivity index (χ4v) is 8.20. The molecule has 0 aliphatic carbocycles. The van der Waals surface area contributed by atoms with Crippen molar-refractivity contribution in [2.75, 3.05) is 6.61 Å². The Morgan fingerprint density at radius 1 is 0.462 bits per heavy atom. The van der Waals surface area contributed by atoms with Crippen LogP contribution in [0.3, 0.4) is 0 Å². The van der Waals surface area contributed by atoms with E-state index in [1.165, 1.54) is 135 Å². The van der Waals surface area contributed by atoms with Gasteiger partial charge >= 0.3 is 5.97 Å². The molecule has 0 fully saturated rings. The van der Waals surface area contributed by atoms with Crippen molar-refractivity contribution in [1.82, 2.24) is 5.32 Å². The first-order chi connectivity index (χ1) is 32.0. The molecule has 0 spiro atoms. The summed E-state index contributed by atoms with van der Waals surface area (Å²) in [7, 11) is 0. The number of carbonyl (C=O) groups excluding carboxylic acids is 2. The zero-order valence-corrected chi connectivity index (χ0v) is 42.9. The molecule has 0 aromatic carbocycles. The summed E-state index contributed by atoms with van der Waals surface area (Å²) < 4.78 is 5.93. The molecule has 0 aliphatic rings. The molecule has 0 aromatic rings. The maximum Gasteiger partial charge on any atom is 0.306 e. The Kier molecular flexibility index (Phi) is 50.1. The maximum absolute atomic E-state index is 13.2.